The number of carbonyl (C=O) groups is 1. The van der Waals surface area contributed by atoms with E-state index in [1.807, 2.05) is 25.1 Å². The van der Waals surface area contributed by atoms with Gasteiger partial charge in [-0.25, -0.2) is 4.99 Å². The first-order chi connectivity index (χ1) is 9.56. The number of rotatable bonds is 4. The number of hydrogen-bond donors (Lipinski definition) is 1. The Balaban J connectivity index is 1.94. The minimum atomic E-state index is -0.106. The zero-order chi connectivity index (χ0) is 14.5. The van der Waals surface area contributed by atoms with Crippen LogP contribution in [0.5, 0.6) is 0 Å². The van der Waals surface area contributed by atoms with E-state index in [1.165, 1.54) is 5.56 Å². The number of para-hydroxylation sites is 1. The molecule has 1 amide bonds. The van der Waals surface area contributed by atoms with Gasteiger partial charge in [0.25, 0.3) is 0 Å². The molecular formula is C15H20N2OS2. The Bertz CT molecular complexity index is 514. The molecule has 0 radical (unpaired) electrons. The largest absolute Gasteiger partial charge is 0.355 e. The zero-order valence-corrected chi connectivity index (χ0v) is 13.7. The molecule has 0 spiro atoms. The third kappa shape index (κ3) is 4.28. The maximum absolute atomic E-state index is 12.0. The van der Waals surface area contributed by atoms with Crippen molar-refractivity contribution >= 4 is 39.5 Å². The molecule has 0 bridgehead atoms. The van der Waals surface area contributed by atoms with Gasteiger partial charge in [-0.05, 0) is 24.5 Å². The molecular weight excluding hydrogens is 288 g/mol. The monoisotopic (exact) mass is 308 g/mol. The Morgan fingerprint density at radius 3 is 2.90 bits per heavy atom. The van der Waals surface area contributed by atoms with Crippen LogP contribution in [-0.2, 0) is 10.5 Å². The molecule has 0 saturated carbocycles. The van der Waals surface area contributed by atoms with Crippen molar-refractivity contribution in [3.63, 3.8) is 0 Å². The van der Waals surface area contributed by atoms with Crippen molar-refractivity contribution < 1.29 is 4.79 Å². The van der Waals surface area contributed by atoms with E-state index in [-0.39, 0.29) is 11.2 Å². The van der Waals surface area contributed by atoms with Gasteiger partial charge in [0.2, 0.25) is 5.91 Å². The average Bonchev–Trinajstić information content (AvgIpc) is 2.44. The van der Waals surface area contributed by atoms with Gasteiger partial charge in [-0.15, -0.1) is 0 Å². The number of fused-ring (bicyclic) bond motifs is 1. The summed E-state index contributed by atoms with van der Waals surface area (Å²) in [6, 6.07) is 8.17. The molecule has 0 aromatic heterocycles. The Labute approximate surface area is 129 Å². The molecule has 1 unspecified atom stereocenters. The highest BCUT2D eigenvalue weighted by molar-refractivity contribution is 8.39. The molecule has 20 heavy (non-hydrogen) atoms. The summed E-state index contributed by atoms with van der Waals surface area (Å²) in [6.45, 7) is 6.85. The molecule has 0 fully saturated rings. The van der Waals surface area contributed by atoms with Crippen LogP contribution < -0.4 is 5.32 Å². The first-order valence-corrected chi connectivity index (χ1v) is 8.66. The van der Waals surface area contributed by atoms with E-state index in [1.54, 1.807) is 23.5 Å². The number of nitrogens with zero attached hydrogens (tertiary/aromatic N) is 1. The Kier molecular flexibility index (Phi) is 5.54. The molecule has 5 heteroatoms. The topological polar surface area (TPSA) is 41.5 Å². The predicted octanol–water partition coefficient (Wildman–Crippen LogP) is 3.81. The molecule has 1 atom stereocenters. The molecule has 1 aliphatic heterocycles. The molecule has 3 nitrogen and oxygen atoms in total. The lowest BCUT2D eigenvalue weighted by Gasteiger charge is -2.17. The average molecular weight is 308 g/mol. The third-order valence-electron chi connectivity index (χ3n) is 2.89. The molecule has 1 aromatic carbocycles. The van der Waals surface area contributed by atoms with Gasteiger partial charge in [-0.2, -0.15) is 0 Å². The second-order valence-corrected chi connectivity index (χ2v) is 7.75. The molecule has 2 rings (SSSR count). The standard InChI is InChI=1S/C15H20N2OS2/c1-10(2)8-16-14(18)11(3)20-15-17-13-7-5-4-6-12(13)9-19-15/h4-7,10-11H,8-9H2,1-3H3,(H,16,18). The highest BCUT2D eigenvalue weighted by atomic mass is 32.2. The summed E-state index contributed by atoms with van der Waals surface area (Å²) in [4.78, 5) is 16.6. The van der Waals surface area contributed by atoms with Crippen LogP contribution in [0, 0.1) is 5.92 Å². The molecule has 1 N–H and O–H groups in total. The highest BCUT2D eigenvalue weighted by Crippen LogP contribution is 2.35. The normalized spacial score (nSPS) is 15.5. The van der Waals surface area contributed by atoms with Crippen LogP contribution in [0.15, 0.2) is 29.3 Å². The van der Waals surface area contributed by atoms with Gasteiger partial charge in [0.05, 0.1) is 10.9 Å². The first-order valence-electron chi connectivity index (χ1n) is 6.80. The zero-order valence-electron chi connectivity index (χ0n) is 12.1. The van der Waals surface area contributed by atoms with Crippen LogP contribution in [-0.4, -0.2) is 22.1 Å². The fraction of sp³-hybridized carbons (Fsp3) is 0.467. The summed E-state index contributed by atoms with van der Waals surface area (Å²) in [7, 11) is 0. The Morgan fingerprint density at radius 2 is 2.15 bits per heavy atom. The van der Waals surface area contributed by atoms with Crippen molar-refractivity contribution in [3.8, 4) is 0 Å². The number of carbonyl (C=O) groups excluding carboxylic acids is 1. The highest BCUT2D eigenvalue weighted by Gasteiger charge is 2.19. The second kappa shape index (κ2) is 7.18. The van der Waals surface area contributed by atoms with Crippen molar-refractivity contribution in [2.24, 2.45) is 10.9 Å². The first kappa shape index (κ1) is 15.4. The van der Waals surface area contributed by atoms with E-state index < -0.39 is 0 Å². The van der Waals surface area contributed by atoms with Crippen molar-refractivity contribution in [3.05, 3.63) is 29.8 Å². The fourth-order valence-corrected chi connectivity index (χ4v) is 3.94. The molecule has 1 heterocycles. The summed E-state index contributed by atoms with van der Waals surface area (Å²) in [5, 5.41) is 2.86. The molecule has 108 valence electrons. The predicted molar refractivity (Wildman–Crippen MR) is 89.7 cm³/mol. The van der Waals surface area contributed by atoms with Crippen molar-refractivity contribution in [2.75, 3.05) is 6.54 Å². The quantitative estimate of drug-likeness (QED) is 0.919. The lowest BCUT2D eigenvalue weighted by atomic mass is 10.2. The summed E-state index contributed by atoms with van der Waals surface area (Å²) >= 11 is 3.25. The molecule has 0 saturated heterocycles. The van der Waals surface area contributed by atoms with Gasteiger partial charge in [-0.3, -0.25) is 4.79 Å². The minimum absolute atomic E-state index is 0.0888. The van der Waals surface area contributed by atoms with Gasteiger partial charge in [0.1, 0.15) is 4.38 Å². The van der Waals surface area contributed by atoms with E-state index in [4.69, 9.17) is 0 Å². The third-order valence-corrected chi connectivity index (χ3v) is 5.18. The summed E-state index contributed by atoms with van der Waals surface area (Å²) in [6.07, 6.45) is 0. The number of aliphatic imine (C=N–C) groups is 1. The summed E-state index contributed by atoms with van der Waals surface area (Å²) in [5.74, 6) is 1.50. The van der Waals surface area contributed by atoms with Crippen LogP contribution in [0.3, 0.4) is 0 Å². The maximum Gasteiger partial charge on any atom is 0.233 e. The molecule has 1 aliphatic rings. The van der Waals surface area contributed by atoms with Gasteiger partial charge >= 0.3 is 0 Å². The minimum Gasteiger partial charge on any atom is -0.355 e. The van der Waals surface area contributed by atoms with E-state index in [0.29, 0.717) is 5.92 Å². The van der Waals surface area contributed by atoms with E-state index in [9.17, 15) is 4.79 Å². The number of benzene rings is 1. The maximum atomic E-state index is 12.0. The summed E-state index contributed by atoms with van der Waals surface area (Å²) < 4.78 is 0.982. The second-order valence-electron chi connectivity index (χ2n) is 5.19. The van der Waals surface area contributed by atoms with Gasteiger partial charge in [0.15, 0.2) is 0 Å². The van der Waals surface area contributed by atoms with Crippen LogP contribution in [0.2, 0.25) is 0 Å². The number of amides is 1. The van der Waals surface area contributed by atoms with Crippen molar-refractivity contribution in [1.82, 2.24) is 5.32 Å². The van der Waals surface area contributed by atoms with Gasteiger partial charge in [-0.1, -0.05) is 55.6 Å². The molecule has 1 aromatic rings. The van der Waals surface area contributed by atoms with Crippen LogP contribution in [0.4, 0.5) is 5.69 Å². The molecule has 0 aliphatic carbocycles. The number of thioether (sulfide) groups is 2. The fourth-order valence-electron chi connectivity index (χ4n) is 1.73. The Hall–Kier alpha value is -0.940. The lowest BCUT2D eigenvalue weighted by molar-refractivity contribution is -0.120. The van der Waals surface area contributed by atoms with E-state index in [2.05, 4.69) is 30.2 Å². The van der Waals surface area contributed by atoms with E-state index >= 15 is 0 Å². The van der Waals surface area contributed by atoms with Gasteiger partial charge in [0, 0.05) is 12.3 Å². The summed E-state index contributed by atoms with van der Waals surface area (Å²) in [5.41, 5.74) is 2.29. The number of hydrogen-bond acceptors (Lipinski definition) is 4. The smallest absolute Gasteiger partial charge is 0.233 e. The van der Waals surface area contributed by atoms with E-state index in [0.717, 1.165) is 22.4 Å². The Morgan fingerprint density at radius 1 is 1.40 bits per heavy atom. The SMILES string of the molecule is CC(C)CNC(=O)C(C)SC1=Nc2ccccc2CS1. The van der Waals surface area contributed by atoms with Crippen LogP contribution in [0.1, 0.15) is 26.3 Å². The van der Waals surface area contributed by atoms with Crippen LogP contribution >= 0.6 is 23.5 Å². The lowest BCUT2D eigenvalue weighted by Crippen LogP contribution is -2.34. The van der Waals surface area contributed by atoms with Gasteiger partial charge < -0.3 is 5.32 Å². The van der Waals surface area contributed by atoms with Crippen LogP contribution in [0.25, 0.3) is 0 Å². The number of nitrogens with one attached hydrogen (secondary N) is 1. The van der Waals surface area contributed by atoms with Crippen molar-refractivity contribution in [2.45, 2.75) is 31.8 Å². The van der Waals surface area contributed by atoms with Crippen molar-refractivity contribution in [1.29, 1.82) is 0 Å².